The van der Waals surface area contributed by atoms with Gasteiger partial charge in [-0.2, -0.15) is 0 Å². The molecule has 3 aromatic rings. The molecule has 1 aromatic carbocycles. The van der Waals surface area contributed by atoms with Crippen molar-refractivity contribution in [3.63, 3.8) is 0 Å². The summed E-state index contributed by atoms with van der Waals surface area (Å²) in [6, 6.07) is 11.7. The molecule has 28 heavy (non-hydrogen) atoms. The lowest BCUT2D eigenvalue weighted by Gasteiger charge is -2.28. The van der Waals surface area contributed by atoms with Crippen LogP contribution in [0.5, 0.6) is 5.75 Å². The summed E-state index contributed by atoms with van der Waals surface area (Å²) in [5.74, 6) is 0.673. The number of hydrogen-bond acceptors (Lipinski definition) is 4. The van der Waals surface area contributed by atoms with Crippen LogP contribution >= 0.6 is 11.3 Å². The van der Waals surface area contributed by atoms with Crippen molar-refractivity contribution >= 4 is 28.1 Å². The molecular formula is C22H26N2O3S. The highest BCUT2D eigenvalue weighted by Crippen LogP contribution is 2.44. The third kappa shape index (κ3) is 3.54. The quantitative estimate of drug-likeness (QED) is 0.571. The van der Waals surface area contributed by atoms with Crippen LogP contribution in [0.4, 0.5) is 0 Å². The van der Waals surface area contributed by atoms with E-state index in [-0.39, 0.29) is 11.3 Å². The van der Waals surface area contributed by atoms with Crippen molar-refractivity contribution in [2.75, 3.05) is 13.7 Å². The van der Waals surface area contributed by atoms with Gasteiger partial charge in [0.2, 0.25) is 0 Å². The van der Waals surface area contributed by atoms with E-state index in [1.807, 2.05) is 30.3 Å². The van der Waals surface area contributed by atoms with E-state index in [0.717, 1.165) is 34.4 Å². The summed E-state index contributed by atoms with van der Waals surface area (Å²) >= 11 is 1.67. The minimum atomic E-state index is -0.449. The first-order valence-corrected chi connectivity index (χ1v) is 10.6. The van der Waals surface area contributed by atoms with Crippen LogP contribution in [0.2, 0.25) is 0 Å². The third-order valence-corrected chi connectivity index (χ3v) is 7.29. The molecule has 1 fully saturated rings. The first-order chi connectivity index (χ1) is 13.5. The first-order valence-electron chi connectivity index (χ1n) is 9.74. The van der Waals surface area contributed by atoms with Gasteiger partial charge < -0.3 is 20.1 Å². The van der Waals surface area contributed by atoms with Crippen LogP contribution < -0.4 is 10.1 Å². The van der Waals surface area contributed by atoms with Gasteiger partial charge in [-0.15, -0.1) is 11.3 Å². The second-order valence-electron chi connectivity index (χ2n) is 7.68. The van der Waals surface area contributed by atoms with E-state index in [4.69, 9.17) is 4.74 Å². The molecule has 148 valence electrons. The van der Waals surface area contributed by atoms with Crippen molar-refractivity contribution in [1.29, 1.82) is 0 Å². The highest BCUT2D eigenvalue weighted by molar-refractivity contribution is 7.12. The molecule has 0 radical (unpaired) electrons. The summed E-state index contributed by atoms with van der Waals surface area (Å²) in [5, 5.41) is 14.0. The predicted octanol–water partition coefficient (Wildman–Crippen LogP) is 4.53. The Morgan fingerprint density at radius 2 is 2.07 bits per heavy atom. The predicted molar refractivity (Wildman–Crippen MR) is 112 cm³/mol. The molecule has 0 aliphatic heterocycles. The molecule has 1 unspecified atom stereocenters. The molecule has 3 N–H and O–H groups in total. The summed E-state index contributed by atoms with van der Waals surface area (Å²) in [6.45, 7) is 2.41. The highest BCUT2D eigenvalue weighted by Gasteiger charge is 2.37. The summed E-state index contributed by atoms with van der Waals surface area (Å²) in [6.07, 6.45) is 4.03. The number of amides is 1. The van der Waals surface area contributed by atoms with Crippen LogP contribution in [0, 0.1) is 0 Å². The number of aliphatic hydroxyl groups excluding tert-OH is 1. The molecule has 0 bridgehead atoms. The van der Waals surface area contributed by atoms with E-state index in [2.05, 4.69) is 16.4 Å². The molecule has 5 nitrogen and oxygen atoms in total. The van der Waals surface area contributed by atoms with Crippen molar-refractivity contribution in [2.45, 2.75) is 44.1 Å². The zero-order valence-electron chi connectivity index (χ0n) is 16.2. The average molecular weight is 399 g/mol. The molecule has 2 heterocycles. The topological polar surface area (TPSA) is 74.3 Å². The molecule has 1 aliphatic carbocycles. The van der Waals surface area contributed by atoms with Gasteiger partial charge in [0, 0.05) is 38.7 Å². The molecule has 2 aromatic heterocycles. The monoisotopic (exact) mass is 398 g/mol. The van der Waals surface area contributed by atoms with Crippen molar-refractivity contribution in [2.24, 2.45) is 0 Å². The van der Waals surface area contributed by atoms with Crippen LogP contribution in [-0.2, 0) is 5.41 Å². The van der Waals surface area contributed by atoms with Gasteiger partial charge in [0.1, 0.15) is 11.4 Å². The maximum absolute atomic E-state index is 12.8. The molecule has 1 saturated carbocycles. The molecule has 1 amide bonds. The van der Waals surface area contributed by atoms with Crippen molar-refractivity contribution in [3.8, 4) is 5.75 Å². The zero-order valence-corrected chi connectivity index (χ0v) is 17.1. The number of aromatic nitrogens is 1. The Balaban J connectivity index is 1.51. The lowest BCUT2D eigenvalue weighted by atomic mass is 9.84. The van der Waals surface area contributed by atoms with Crippen LogP contribution in [-0.4, -0.2) is 29.7 Å². The SMILES string of the molecule is COc1ccc2cc(C(=O)NCC3(c4ccc(C(C)O)s4)CCCC3)[nH]c2c1. The third-order valence-electron chi connectivity index (χ3n) is 5.78. The maximum Gasteiger partial charge on any atom is 0.267 e. The number of ether oxygens (including phenoxy) is 1. The molecule has 0 spiro atoms. The number of rotatable bonds is 6. The van der Waals surface area contributed by atoms with Crippen LogP contribution in [0.3, 0.4) is 0 Å². The largest absolute Gasteiger partial charge is 0.497 e. The van der Waals surface area contributed by atoms with E-state index < -0.39 is 6.10 Å². The summed E-state index contributed by atoms with van der Waals surface area (Å²) in [4.78, 5) is 18.2. The molecule has 1 aliphatic rings. The summed E-state index contributed by atoms with van der Waals surface area (Å²) < 4.78 is 5.25. The minimum Gasteiger partial charge on any atom is -0.497 e. The van der Waals surface area contributed by atoms with Gasteiger partial charge in [0.25, 0.3) is 5.91 Å². The van der Waals surface area contributed by atoms with Crippen molar-refractivity contribution in [1.82, 2.24) is 10.3 Å². The molecule has 1 atom stereocenters. The van der Waals surface area contributed by atoms with Crippen LogP contribution in [0.25, 0.3) is 10.9 Å². The van der Waals surface area contributed by atoms with E-state index in [0.29, 0.717) is 12.2 Å². The molecule has 4 rings (SSSR count). The molecular weight excluding hydrogens is 372 g/mol. The fourth-order valence-corrected chi connectivity index (χ4v) is 5.31. The van der Waals surface area contributed by atoms with Crippen LogP contribution in [0.1, 0.15) is 59.0 Å². The van der Waals surface area contributed by atoms with Gasteiger partial charge in [0.05, 0.1) is 13.2 Å². The zero-order chi connectivity index (χ0) is 19.7. The van der Waals surface area contributed by atoms with Gasteiger partial charge in [-0.1, -0.05) is 12.8 Å². The Morgan fingerprint density at radius 3 is 2.75 bits per heavy atom. The van der Waals surface area contributed by atoms with Gasteiger partial charge in [-0.25, -0.2) is 0 Å². The standard InChI is InChI=1S/C22H26N2O3S/c1-14(25)19-7-8-20(28-19)22(9-3-4-10-22)13-23-21(26)18-11-15-5-6-16(27-2)12-17(15)24-18/h5-8,11-12,14,24-25H,3-4,9-10,13H2,1-2H3,(H,23,26). The van der Waals surface area contributed by atoms with Gasteiger partial charge >= 0.3 is 0 Å². The van der Waals surface area contributed by atoms with E-state index >= 15 is 0 Å². The Hall–Kier alpha value is -2.31. The maximum atomic E-state index is 12.8. The lowest BCUT2D eigenvalue weighted by Crippen LogP contribution is -2.38. The number of methoxy groups -OCH3 is 1. The van der Waals surface area contributed by atoms with Crippen LogP contribution in [0.15, 0.2) is 36.4 Å². The number of carbonyl (C=O) groups is 1. The summed E-state index contributed by atoms with van der Waals surface area (Å²) in [7, 11) is 1.63. The lowest BCUT2D eigenvalue weighted by molar-refractivity contribution is 0.0939. The molecule has 0 saturated heterocycles. The summed E-state index contributed by atoms with van der Waals surface area (Å²) in [5.41, 5.74) is 1.43. The number of fused-ring (bicyclic) bond motifs is 1. The number of aromatic amines is 1. The smallest absolute Gasteiger partial charge is 0.267 e. The van der Waals surface area contributed by atoms with Gasteiger partial charge in [0.15, 0.2) is 0 Å². The van der Waals surface area contributed by atoms with Gasteiger partial charge in [-0.05, 0) is 50.1 Å². The highest BCUT2D eigenvalue weighted by atomic mass is 32.1. The Morgan fingerprint density at radius 1 is 1.29 bits per heavy atom. The van der Waals surface area contributed by atoms with E-state index in [1.165, 1.54) is 17.7 Å². The number of nitrogens with one attached hydrogen (secondary N) is 2. The molecule has 6 heteroatoms. The number of thiophene rings is 1. The Bertz CT molecular complexity index is 983. The second-order valence-corrected chi connectivity index (χ2v) is 8.80. The number of benzene rings is 1. The van der Waals surface area contributed by atoms with Crippen molar-refractivity contribution < 1.29 is 14.6 Å². The van der Waals surface area contributed by atoms with E-state index in [9.17, 15) is 9.90 Å². The number of aliphatic hydroxyl groups is 1. The van der Waals surface area contributed by atoms with Crippen molar-refractivity contribution in [3.05, 3.63) is 51.8 Å². The fourth-order valence-electron chi connectivity index (χ4n) is 4.12. The number of H-pyrrole nitrogens is 1. The van der Waals surface area contributed by atoms with E-state index in [1.54, 1.807) is 25.4 Å². The minimum absolute atomic E-state index is 0.0251. The second kappa shape index (κ2) is 7.60. The Labute approximate surface area is 168 Å². The average Bonchev–Trinajstić information content (AvgIpc) is 3.44. The Kier molecular flexibility index (Phi) is 5.17. The van der Waals surface area contributed by atoms with Gasteiger partial charge in [-0.3, -0.25) is 4.79 Å². The first kappa shape index (κ1) is 19.0. The number of carbonyl (C=O) groups excluding carboxylic acids is 1. The fraction of sp³-hybridized carbons (Fsp3) is 0.409. The normalized spacial score (nSPS) is 17.0. The number of hydrogen-bond donors (Lipinski definition) is 3.